The Balaban J connectivity index is 2.44. The van der Waals surface area contributed by atoms with Crippen molar-refractivity contribution in [1.29, 1.82) is 0 Å². The molecule has 20 heavy (non-hydrogen) atoms. The molecule has 0 saturated heterocycles. The van der Waals surface area contributed by atoms with Crippen LogP contribution >= 0.6 is 25.6 Å². The van der Waals surface area contributed by atoms with E-state index in [1.807, 2.05) is 13.1 Å². The number of carbonyl (C=O) groups excluding carboxylic acids is 1. The van der Waals surface area contributed by atoms with Crippen molar-refractivity contribution in [2.24, 2.45) is 7.05 Å². The Kier molecular flexibility index (Phi) is 5.31. The minimum absolute atomic E-state index is 0.292. The summed E-state index contributed by atoms with van der Waals surface area (Å²) in [5, 5.41) is 4.22. The molecule has 1 saturated carbocycles. The molecule has 1 aliphatic rings. The van der Waals surface area contributed by atoms with Gasteiger partial charge in [-0.3, -0.25) is 14.5 Å². The van der Waals surface area contributed by atoms with Gasteiger partial charge in [-0.05, 0) is 18.9 Å². The molecule has 108 valence electrons. The van der Waals surface area contributed by atoms with E-state index >= 15 is 0 Å². The molecule has 0 radical (unpaired) electrons. The number of aromatic nitrogens is 3. The van der Waals surface area contributed by atoms with Crippen LogP contribution in [0.3, 0.4) is 0 Å². The Morgan fingerprint density at radius 3 is 2.65 bits per heavy atom. The Morgan fingerprint density at radius 2 is 2.00 bits per heavy atom. The van der Waals surface area contributed by atoms with Gasteiger partial charge in [0.2, 0.25) is 0 Å². The lowest BCUT2D eigenvalue weighted by Crippen LogP contribution is -2.13. The van der Waals surface area contributed by atoms with Crippen molar-refractivity contribution in [3.8, 4) is 0 Å². The summed E-state index contributed by atoms with van der Waals surface area (Å²) < 4.78 is 3.09. The van der Waals surface area contributed by atoms with E-state index in [1.165, 1.54) is 3.71 Å². The summed E-state index contributed by atoms with van der Waals surface area (Å²) in [6.45, 7) is 0. The molecule has 0 spiro atoms. The number of carbonyl (C=O) groups is 1. The zero-order valence-electron chi connectivity index (χ0n) is 11.3. The average Bonchev–Trinajstić information content (AvgIpc) is 2.50. The van der Waals surface area contributed by atoms with Gasteiger partial charge in [0.1, 0.15) is 11.6 Å². The normalized spacial score (nSPS) is 15.8. The van der Waals surface area contributed by atoms with Gasteiger partial charge >= 0.3 is 0 Å². The molecule has 2 rings (SSSR count). The first-order valence-corrected chi connectivity index (χ1v) is 7.29. The number of hydrogen-bond acceptors (Lipinski definition) is 6. The van der Waals surface area contributed by atoms with Crippen LogP contribution in [0.1, 0.15) is 37.3 Å². The maximum absolute atomic E-state index is 11.4. The highest BCUT2D eigenvalue weighted by atomic mass is 32.2. The van der Waals surface area contributed by atoms with Gasteiger partial charge in [0.15, 0.2) is 0 Å². The molecule has 1 heterocycles. The number of aryl methyl sites for hydroxylation is 1. The molecule has 1 aliphatic carbocycles. The maximum atomic E-state index is 11.4. The molecule has 5 nitrogen and oxygen atoms in total. The second kappa shape index (κ2) is 6.99. The second-order valence-corrected chi connectivity index (χ2v) is 5.90. The molecule has 0 bridgehead atoms. The summed E-state index contributed by atoms with van der Waals surface area (Å²) >= 11 is 8.44. The van der Waals surface area contributed by atoms with E-state index < -0.39 is 0 Å². The van der Waals surface area contributed by atoms with Gasteiger partial charge in [-0.25, -0.2) is 3.71 Å². The highest BCUT2D eigenvalue weighted by Crippen LogP contribution is 2.31. The Labute approximate surface area is 129 Å². The third-order valence-corrected chi connectivity index (χ3v) is 3.82. The zero-order chi connectivity index (χ0) is 14.5. The van der Waals surface area contributed by atoms with E-state index in [4.69, 9.17) is 0 Å². The van der Waals surface area contributed by atoms with Crippen LogP contribution in [0.4, 0.5) is 5.82 Å². The lowest BCUT2D eigenvalue weighted by atomic mass is 9.86. The van der Waals surface area contributed by atoms with Gasteiger partial charge in [0.25, 0.3) is 0 Å². The van der Waals surface area contributed by atoms with E-state index in [1.54, 1.807) is 23.1 Å². The van der Waals surface area contributed by atoms with Crippen molar-refractivity contribution in [1.82, 2.24) is 14.8 Å². The molecule has 7 heteroatoms. The molecule has 1 aromatic heterocycles. The fraction of sp³-hybridized carbons (Fsp3) is 0.462. The van der Waals surface area contributed by atoms with Crippen LogP contribution in [0.2, 0.25) is 0 Å². The van der Waals surface area contributed by atoms with E-state index in [-0.39, 0.29) is 0 Å². The van der Waals surface area contributed by atoms with Crippen molar-refractivity contribution in [2.45, 2.75) is 31.6 Å². The van der Waals surface area contributed by atoms with Crippen LogP contribution in [0.5, 0.6) is 0 Å². The second-order valence-electron chi connectivity index (χ2n) is 4.79. The third kappa shape index (κ3) is 3.89. The summed E-state index contributed by atoms with van der Waals surface area (Å²) in [5.41, 5.74) is 0.939. The van der Waals surface area contributed by atoms with Gasteiger partial charge in [-0.15, -0.1) is 0 Å². The average molecular weight is 310 g/mol. The van der Waals surface area contributed by atoms with Gasteiger partial charge in [-0.2, -0.15) is 5.10 Å². The number of rotatable bonds is 2. The van der Waals surface area contributed by atoms with E-state index in [0.717, 1.165) is 18.5 Å². The fourth-order valence-electron chi connectivity index (χ4n) is 2.27. The Morgan fingerprint density at radius 1 is 1.30 bits per heavy atom. The topological polar surface area (TPSA) is 51.0 Å². The molecule has 0 N–H and O–H groups in total. The van der Waals surface area contributed by atoms with Crippen LogP contribution < -0.4 is 3.71 Å². The Hall–Kier alpha value is -1.21. The number of thiol groups is 2. The minimum atomic E-state index is 0.292. The van der Waals surface area contributed by atoms with Crippen molar-refractivity contribution in [3.05, 3.63) is 30.2 Å². The van der Waals surface area contributed by atoms with E-state index in [9.17, 15) is 4.79 Å². The lowest BCUT2D eigenvalue weighted by Gasteiger charge is -2.20. The largest absolute Gasteiger partial charge is 0.300 e. The molecule has 0 amide bonds. The number of ketones is 1. The van der Waals surface area contributed by atoms with Crippen LogP contribution in [0.15, 0.2) is 24.5 Å². The summed E-state index contributed by atoms with van der Waals surface area (Å²) in [6.07, 6.45) is 6.35. The van der Waals surface area contributed by atoms with Gasteiger partial charge in [0, 0.05) is 50.0 Å². The minimum Gasteiger partial charge on any atom is -0.300 e. The maximum Gasteiger partial charge on any atom is 0.146 e. The number of anilines is 1. The smallest absolute Gasteiger partial charge is 0.146 e. The molecule has 1 aromatic rings. The quantitative estimate of drug-likeness (QED) is 0.825. The van der Waals surface area contributed by atoms with Crippen LogP contribution in [-0.2, 0) is 11.8 Å². The molecular formula is C13H18N4OS2. The predicted molar refractivity (Wildman–Crippen MR) is 85.3 cm³/mol. The highest BCUT2D eigenvalue weighted by Gasteiger charge is 2.21. The SMILES string of the molecule is Cn1ncccnc(C2CCC(=O)CC2)cc1N(S)S. The summed E-state index contributed by atoms with van der Waals surface area (Å²) in [7, 11) is 1.82. The highest BCUT2D eigenvalue weighted by molar-refractivity contribution is 8.00. The van der Waals surface area contributed by atoms with Crippen LogP contribution in [0, 0.1) is 0 Å². The van der Waals surface area contributed by atoms with Gasteiger partial charge in [0.05, 0.1) is 0 Å². The lowest BCUT2D eigenvalue weighted by molar-refractivity contribution is -0.120. The van der Waals surface area contributed by atoms with Crippen molar-refractivity contribution in [3.63, 3.8) is 0 Å². The van der Waals surface area contributed by atoms with Crippen molar-refractivity contribution in [2.75, 3.05) is 3.71 Å². The van der Waals surface area contributed by atoms with Crippen LogP contribution in [-0.4, -0.2) is 20.5 Å². The van der Waals surface area contributed by atoms with Gasteiger partial charge in [-0.1, -0.05) is 25.6 Å². The number of Topliss-reactive ketones (excluding diaryl/α,β-unsaturated/α-hetero) is 1. The number of hydrogen-bond donors (Lipinski definition) is 2. The fourth-order valence-corrected chi connectivity index (χ4v) is 2.65. The predicted octanol–water partition coefficient (Wildman–Crippen LogP) is 2.66. The van der Waals surface area contributed by atoms with Crippen LogP contribution in [0.25, 0.3) is 0 Å². The van der Waals surface area contributed by atoms with Crippen molar-refractivity contribution >= 4 is 37.2 Å². The van der Waals surface area contributed by atoms with E-state index in [2.05, 4.69) is 35.7 Å². The summed E-state index contributed by atoms with van der Waals surface area (Å²) in [4.78, 5) is 15.9. The molecule has 0 atom stereocenters. The van der Waals surface area contributed by atoms with Crippen molar-refractivity contribution < 1.29 is 4.79 Å². The third-order valence-electron chi connectivity index (χ3n) is 3.41. The molecule has 0 aliphatic heterocycles. The molecule has 0 aromatic carbocycles. The Bertz CT molecular complexity index is 533. The first kappa shape index (κ1) is 15.2. The molecule has 0 unspecified atom stereocenters. The first-order chi connectivity index (χ1) is 9.58. The molecule has 1 fully saturated rings. The number of nitrogens with zero attached hydrogens (tertiary/aromatic N) is 4. The molecular weight excluding hydrogens is 292 g/mol. The standard InChI is InChI=1S/C13H18N4OS2/c1-16-13(17(19)20)9-12(14-7-2-8-15-16)10-3-5-11(18)6-4-10/h2,7-10,19-20H,3-6H2,1H3. The first-order valence-electron chi connectivity index (χ1n) is 6.49. The summed E-state index contributed by atoms with van der Waals surface area (Å²) in [6, 6.07) is 3.70. The summed E-state index contributed by atoms with van der Waals surface area (Å²) in [5.74, 6) is 1.35. The monoisotopic (exact) mass is 310 g/mol. The van der Waals surface area contributed by atoms with E-state index in [0.29, 0.717) is 30.4 Å². The zero-order valence-corrected chi connectivity index (χ0v) is 13.1. The van der Waals surface area contributed by atoms with Gasteiger partial charge < -0.3 is 0 Å².